The molecule has 0 saturated carbocycles. The highest BCUT2D eigenvalue weighted by molar-refractivity contribution is 7.54. The van der Waals surface area contributed by atoms with Gasteiger partial charge in [-0.05, 0) is 131 Å². The fourth-order valence-corrected chi connectivity index (χ4v) is 15.7. The van der Waals surface area contributed by atoms with Crippen molar-refractivity contribution in [3.8, 4) is 11.1 Å². The largest absolute Gasteiger partial charge is 0.353 e. The smallest absolute Gasteiger partial charge is 0.107 e. The summed E-state index contributed by atoms with van der Waals surface area (Å²) in [4.78, 5) is 0. The molecule has 0 aliphatic heterocycles. The molecule has 0 aliphatic carbocycles. The monoisotopic (exact) mass is 874 g/mol. The molecule has 0 bridgehead atoms. The van der Waals surface area contributed by atoms with E-state index < -0.39 is 32.9 Å². The number of hydrogen-bond acceptors (Lipinski definition) is 1. The summed E-state index contributed by atoms with van der Waals surface area (Å²) in [6.07, 6.45) is 42.9. The Morgan fingerprint density at radius 2 is 0.639 bits per heavy atom. The lowest BCUT2D eigenvalue weighted by molar-refractivity contribution is 1.09. The van der Waals surface area contributed by atoms with Gasteiger partial charge in [-0.1, -0.05) is 48.6 Å². The molecule has 306 valence electrons. The Bertz CT molecular complexity index is 2500. The molecule has 0 amide bonds. The van der Waals surface area contributed by atoms with Crippen LogP contribution in [0.3, 0.4) is 0 Å². The minimum atomic E-state index is -0.862. The van der Waals surface area contributed by atoms with Crippen LogP contribution in [0.15, 0.2) is 233 Å². The fourth-order valence-electron chi connectivity index (χ4n) is 7.79. The molecule has 7 heterocycles. The molecule has 1 N–H and O–H groups in total. The third-order valence-corrected chi connectivity index (χ3v) is 19.2. The summed E-state index contributed by atoms with van der Waals surface area (Å²) >= 11 is 0. The first-order valence-electron chi connectivity index (χ1n) is 20.5. The lowest BCUT2D eigenvalue weighted by atomic mass is 9.89. The van der Waals surface area contributed by atoms with Crippen molar-refractivity contribution in [1.29, 1.82) is 0 Å². The standard InChI is InChI=1S/C49H50N8P4/c1-2-3-4-25-50-58(51-26-5-6-27-51)40-44-21-19-22-45(41-59(52-28-7-8-29-52)53-30-9-10-31-53)48(44)49-46(42-60(54-32-11-12-33-54)55-34-13-14-35-55)23-20-24-47(49)43-61(56-36-15-16-37-56)57-38-17-18-39-57/h2-39,50H,40-43H2,1H3/b3-2-,25-4-. The first-order valence-corrected chi connectivity index (χ1v) is 26.3. The van der Waals surface area contributed by atoms with Crippen molar-refractivity contribution >= 4 is 32.9 Å². The quantitative estimate of drug-likeness (QED) is 0.0638. The SMILES string of the molecule is C/C=C\C=C/NP(Cc1cccc(CP(n2cccc2)n2cccc2)c1-c1c(CP(n2cccc2)n2cccc2)cccc1CP(n1cccc1)n1cccc1)n1cccc1. The molecule has 0 saturated heterocycles. The normalized spacial score (nSPS) is 12.5. The van der Waals surface area contributed by atoms with Crippen molar-refractivity contribution in [2.24, 2.45) is 0 Å². The third kappa shape index (κ3) is 9.50. The van der Waals surface area contributed by atoms with Crippen LogP contribution < -0.4 is 5.09 Å². The van der Waals surface area contributed by atoms with Crippen LogP contribution in [0.1, 0.15) is 29.2 Å². The van der Waals surface area contributed by atoms with E-state index in [2.05, 4.69) is 275 Å². The van der Waals surface area contributed by atoms with E-state index in [1.165, 1.54) is 33.4 Å². The highest BCUT2D eigenvalue weighted by Gasteiger charge is 2.27. The van der Waals surface area contributed by atoms with Gasteiger partial charge in [0.1, 0.15) is 32.9 Å². The highest BCUT2D eigenvalue weighted by atomic mass is 31.1. The molecule has 9 aromatic rings. The molecule has 0 spiro atoms. The average molecular weight is 875 g/mol. The summed E-state index contributed by atoms with van der Waals surface area (Å²) in [5.41, 5.74) is 8.19. The first-order chi connectivity index (χ1) is 30.2. The second-order valence-electron chi connectivity index (χ2n) is 14.5. The summed E-state index contributed by atoms with van der Waals surface area (Å²) in [6, 6.07) is 44.3. The van der Waals surface area contributed by atoms with Crippen LogP contribution in [-0.4, -0.2) is 30.4 Å². The zero-order valence-corrected chi connectivity index (χ0v) is 37.8. The highest BCUT2D eigenvalue weighted by Crippen LogP contribution is 2.53. The summed E-state index contributed by atoms with van der Waals surface area (Å²) in [7, 11) is -3.33. The number of allylic oxidation sites excluding steroid dienone is 3. The van der Waals surface area contributed by atoms with Gasteiger partial charge >= 0.3 is 0 Å². The fraction of sp³-hybridized carbons (Fsp3) is 0.102. The summed E-state index contributed by atoms with van der Waals surface area (Å²) in [6.45, 7) is 2.05. The lowest BCUT2D eigenvalue weighted by Crippen LogP contribution is -2.10. The van der Waals surface area contributed by atoms with Crippen LogP contribution in [0.5, 0.6) is 0 Å². The van der Waals surface area contributed by atoms with Gasteiger partial charge in [0.05, 0.1) is 0 Å². The number of rotatable bonds is 19. The topological polar surface area (TPSA) is 46.5 Å². The van der Waals surface area contributed by atoms with Gasteiger partial charge in [0.2, 0.25) is 0 Å². The van der Waals surface area contributed by atoms with E-state index in [-0.39, 0.29) is 0 Å². The minimum Gasteiger partial charge on any atom is -0.353 e. The maximum Gasteiger partial charge on any atom is 0.107 e. The van der Waals surface area contributed by atoms with Crippen molar-refractivity contribution < 1.29 is 0 Å². The number of nitrogens with zero attached hydrogens (tertiary/aromatic N) is 7. The Hall–Kier alpha value is -5.60. The van der Waals surface area contributed by atoms with Gasteiger partial charge in [0.25, 0.3) is 0 Å². The Morgan fingerprint density at radius 1 is 0.361 bits per heavy atom. The predicted molar refractivity (Wildman–Crippen MR) is 260 cm³/mol. The summed E-state index contributed by atoms with van der Waals surface area (Å²) in [5, 5.41) is 3.84. The van der Waals surface area contributed by atoms with Gasteiger partial charge in [-0.15, -0.1) is 0 Å². The van der Waals surface area contributed by atoms with Gasteiger partial charge in [-0.2, -0.15) is 0 Å². The summed E-state index contributed by atoms with van der Waals surface area (Å²) < 4.78 is 16.8. The minimum absolute atomic E-state index is 0.822. The molecule has 2 aromatic carbocycles. The molecule has 7 aromatic heterocycles. The Labute approximate surface area is 364 Å². The molecule has 1 atom stereocenters. The molecule has 0 radical (unpaired) electrons. The van der Waals surface area contributed by atoms with Crippen LogP contribution in [0.25, 0.3) is 11.1 Å². The number of aromatic nitrogens is 7. The van der Waals surface area contributed by atoms with E-state index in [9.17, 15) is 0 Å². The molecule has 0 fully saturated rings. The van der Waals surface area contributed by atoms with E-state index in [1.54, 1.807) is 0 Å². The second-order valence-corrected chi connectivity index (χ2v) is 22.3. The lowest BCUT2D eigenvalue weighted by Gasteiger charge is -2.29. The third-order valence-electron chi connectivity index (χ3n) is 10.6. The molecule has 61 heavy (non-hydrogen) atoms. The maximum absolute atomic E-state index is 3.84. The van der Waals surface area contributed by atoms with Crippen LogP contribution in [-0.2, 0) is 24.6 Å². The zero-order chi connectivity index (χ0) is 41.2. The molecular formula is C49H50N8P4. The first kappa shape index (κ1) is 40.8. The van der Waals surface area contributed by atoms with Gasteiger partial charge < -0.3 is 35.5 Å². The van der Waals surface area contributed by atoms with E-state index in [0.717, 1.165) is 24.6 Å². The van der Waals surface area contributed by atoms with Crippen LogP contribution in [0, 0.1) is 0 Å². The number of benzene rings is 2. The molecule has 12 heteroatoms. The predicted octanol–water partition coefficient (Wildman–Crippen LogP) is 13.7. The molecular weight excluding hydrogens is 824 g/mol. The van der Waals surface area contributed by atoms with Gasteiger partial charge in [0.15, 0.2) is 0 Å². The van der Waals surface area contributed by atoms with Gasteiger partial charge in [-0.3, -0.25) is 0 Å². The van der Waals surface area contributed by atoms with Crippen molar-refractivity contribution in [2.45, 2.75) is 31.6 Å². The van der Waals surface area contributed by atoms with Crippen molar-refractivity contribution in [2.75, 3.05) is 0 Å². The molecule has 1 unspecified atom stereocenters. The van der Waals surface area contributed by atoms with Crippen LogP contribution >= 0.6 is 32.9 Å². The van der Waals surface area contributed by atoms with E-state index >= 15 is 0 Å². The number of hydrogen-bond donors (Lipinski definition) is 1. The summed E-state index contributed by atoms with van der Waals surface area (Å²) in [5.74, 6) is 0. The molecule has 8 nitrogen and oxygen atoms in total. The number of nitrogens with one attached hydrogen (secondary N) is 1. The van der Waals surface area contributed by atoms with E-state index in [0.29, 0.717) is 0 Å². The zero-order valence-electron chi connectivity index (χ0n) is 34.2. The maximum atomic E-state index is 3.84. The van der Waals surface area contributed by atoms with Crippen molar-refractivity contribution in [1.82, 2.24) is 35.5 Å². The van der Waals surface area contributed by atoms with Crippen molar-refractivity contribution in [3.05, 3.63) is 255 Å². The average Bonchev–Trinajstić information content (AvgIpc) is 4.13. The second kappa shape index (κ2) is 19.9. The molecule has 0 aliphatic rings. The van der Waals surface area contributed by atoms with Gasteiger partial charge in [-0.25, -0.2) is 0 Å². The van der Waals surface area contributed by atoms with E-state index in [1.807, 2.05) is 0 Å². The van der Waals surface area contributed by atoms with E-state index in [4.69, 9.17) is 0 Å². The van der Waals surface area contributed by atoms with Crippen molar-refractivity contribution in [3.63, 3.8) is 0 Å². The Balaban J connectivity index is 1.27. The Kier molecular flexibility index (Phi) is 13.3. The van der Waals surface area contributed by atoms with Gasteiger partial charge in [0, 0.05) is 118 Å². The van der Waals surface area contributed by atoms with Crippen LogP contribution in [0.4, 0.5) is 0 Å². The molecule has 9 rings (SSSR count). The Morgan fingerprint density at radius 3 is 0.934 bits per heavy atom. The van der Waals surface area contributed by atoms with Crippen LogP contribution in [0.2, 0.25) is 0 Å².